The molecule has 0 spiro atoms. The number of hydrogen-bond acceptors (Lipinski definition) is 5. The zero-order valence-electron chi connectivity index (χ0n) is 27.9. The molecule has 1 amide bonds. The quantitative estimate of drug-likeness (QED) is 0.0354. The predicted molar refractivity (Wildman–Crippen MR) is 180 cm³/mol. The number of unbranched alkanes of at least 4 members (excludes halogenated alkanes) is 9. The Morgan fingerprint density at radius 2 is 1.30 bits per heavy atom. The summed E-state index contributed by atoms with van der Waals surface area (Å²) in [5.41, 5.74) is 0. The van der Waals surface area contributed by atoms with E-state index in [2.05, 4.69) is 55.6 Å². The van der Waals surface area contributed by atoms with Crippen LogP contribution in [0.25, 0.3) is 0 Å². The lowest BCUT2D eigenvalue weighted by molar-refractivity contribution is -0.870. The van der Waals surface area contributed by atoms with Crippen LogP contribution in [-0.2, 0) is 18.4 Å². The first-order chi connectivity index (χ1) is 20.5. The van der Waals surface area contributed by atoms with Gasteiger partial charge in [0, 0.05) is 6.42 Å². The van der Waals surface area contributed by atoms with Crippen molar-refractivity contribution in [1.82, 2.24) is 5.32 Å². The average molecular weight is 628 g/mol. The molecule has 0 aromatic heterocycles. The molecule has 0 aliphatic rings. The van der Waals surface area contributed by atoms with Gasteiger partial charge in [-0.2, -0.15) is 0 Å². The Morgan fingerprint density at radius 3 is 1.88 bits per heavy atom. The SMILES string of the molecule is CCCC/C=C/CC/C=C/CC/C=C/C(O)C(COP(=O)(O)OCC[N+](C)(C)C)NC(=O)CCC/C=C\CCCCCC. The van der Waals surface area contributed by atoms with Gasteiger partial charge in [-0.1, -0.05) is 94.6 Å². The van der Waals surface area contributed by atoms with Crippen LogP contribution in [0.15, 0.2) is 48.6 Å². The van der Waals surface area contributed by atoms with Crippen molar-refractivity contribution in [3.05, 3.63) is 48.6 Å². The smallest absolute Gasteiger partial charge is 0.387 e. The summed E-state index contributed by atoms with van der Waals surface area (Å²) in [5, 5.41) is 13.6. The molecule has 0 aromatic carbocycles. The molecule has 0 heterocycles. The molecule has 0 radical (unpaired) electrons. The Balaban J connectivity index is 4.79. The number of nitrogens with one attached hydrogen (secondary N) is 1. The van der Waals surface area contributed by atoms with Gasteiger partial charge in [0.1, 0.15) is 13.2 Å². The number of quaternary nitrogens is 1. The standard InChI is InChI=1S/C34H63N2O6P/c1-6-8-10-12-14-16-17-18-20-21-23-25-27-33(37)32(31-42-43(39,40)41-30-29-36(3,4)5)35-34(38)28-26-24-22-19-15-13-11-9-7-2/h12,14,18-20,22,25,27,32-33,37H,6-11,13,15-17,21,23-24,26,28-31H2,1-5H3,(H-,35,38,39,40)/p+1/b14-12+,20-18+,22-19-,27-25+. The monoisotopic (exact) mass is 627 g/mol. The maximum Gasteiger partial charge on any atom is 0.472 e. The number of phosphoric acid groups is 1. The summed E-state index contributed by atoms with van der Waals surface area (Å²) in [6.45, 7) is 4.62. The lowest BCUT2D eigenvalue weighted by Crippen LogP contribution is -2.45. The number of carbonyl (C=O) groups is 1. The van der Waals surface area contributed by atoms with E-state index in [4.69, 9.17) is 9.05 Å². The van der Waals surface area contributed by atoms with Crippen LogP contribution in [0.5, 0.6) is 0 Å². The van der Waals surface area contributed by atoms with Crippen LogP contribution in [0.1, 0.15) is 110 Å². The van der Waals surface area contributed by atoms with Crippen molar-refractivity contribution in [3.63, 3.8) is 0 Å². The highest BCUT2D eigenvalue weighted by Crippen LogP contribution is 2.43. The maximum absolute atomic E-state index is 12.6. The number of amides is 1. The molecular formula is C34H64N2O6P+. The van der Waals surface area contributed by atoms with Crippen molar-refractivity contribution < 1.29 is 32.9 Å². The molecule has 0 rings (SSSR count). The second kappa shape index (κ2) is 26.8. The normalized spacial score (nSPS) is 15.6. The first-order valence-corrected chi connectivity index (χ1v) is 18.0. The molecule has 0 bridgehead atoms. The van der Waals surface area contributed by atoms with Gasteiger partial charge < -0.3 is 19.8 Å². The van der Waals surface area contributed by atoms with Gasteiger partial charge in [-0.25, -0.2) is 4.57 Å². The highest BCUT2D eigenvalue weighted by atomic mass is 31.2. The second-order valence-electron chi connectivity index (χ2n) is 12.2. The fourth-order valence-corrected chi connectivity index (χ4v) is 4.74. The number of phosphoric ester groups is 1. The van der Waals surface area contributed by atoms with Crippen LogP contribution < -0.4 is 5.32 Å². The highest BCUT2D eigenvalue weighted by Gasteiger charge is 2.27. The van der Waals surface area contributed by atoms with Gasteiger partial charge in [0.05, 0.1) is 39.9 Å². The largest absolute Gasteiger partial charge is 0.472 e. The minimum absolute atomic E-state index is 0.0472. The zero-order valence-corrected chi connectivity index (χ0v) is 28.8. The van der Waals surface area contributed by atoms with Crippen LogP contribution in [0.3, 0.4) is 0 Å². The molecule has 8 nitrogen and oxygen atoms in total. The molecule has 250 valence electrons. The molecule has 0 aliphatic heterocycles. The minimum Gasteiger partial charge on any atom is -0.387 e. The van der Waals surface area contributed by atoms with Crippen LogP contribution in [0.4, 0.5) is 0 Å². The van der Waals surface area contributed by atoms with Crippen molar-refractivity contribution >= 4 is 13.7 Å². The van der Waals surface area contributed by atoms with Crippen molar-refractivity contribution in [2.75, 3.05) is 40.9 Å². The van der Waals surface area contributed by atoms with Crippen LogP contribution >= 0.6 is 7.82 Å². The van der Waals surface area contributed by atoms with Gasteiger partial charge in [0.15, 0.2) is 0 Å². The third-order valence-corrected chi connectivity index (χ3v) is 7.73. The van der Waals surface area contributed by atoms with Gasteiger partial charge in [0.25, 0.3) is 0 Å². The van der Waals surface area contributed by atoms with E-state index in [9.17, 15) is 19.4 Å². The number of aliphatic hydroxyl groups is 1. The lowest BCUT2D eigenvalue weighted by Gasteiger charge is -2.25. The summed E-state index contributed by atoms with van der Waals surface area (Å²) in [7, 11) is 1.52. The summed E-state index contributed by atoms with van der Waals surface area (Å²) in [6.07, 6.45) is 30.5. The number of aliphatic hydroxyl groups excluding tert-OH is 1. The Kier molecular flexibility index (Phi) is 25.9. The van der Waals surface area contributed by atoms with E-state index in [0.29, 0.717) is 23.9 Å². The topological polar surface area (TPSA) is 105 Å². The van der Waals surface area contributed by atoms with Crippen LogP contribution in [-0.4, -0.2) is 73.4 Å². The van der Waals surface area contributed by atoms with Gasteiger partial charge in [-0.3, -0.25) is 13.8 Å². The highest BCUT2D eigenvalue weighted by molar-refractivity contribution is 7.47. The summed E-state index contributed by atoms with van der Waals surface area (Å²) in [5.74, 6) is -0.234. The Bertz CT molecular complexity index is 850. The van der Waals surface area contributed by atoms with Gasteiger partial charge >= 0.3 is 7.82 Å². The van der Waals surface area contributed by atoms with E-state index in [0.717, 1.165) is 44.9 Å². The summed E-state index contributed by atoms with van der Waals surface area (Å²) in [4.78, 5) is 22.8. The van der Waals surface area contributed by atoms with Crippen molar-refractivity contribution in [1.29, 1.82) is 0 Å². The second-order valence-corrected chi connectivity index (χ2v) is 13.6. The number of hydrogen-bond donors (Lipinski definition) is 3. The molecule has 0 fully saturated rings. The Labute approximate surface area is 263 Å². The number of rotatable bonds is 28. The first kappa shape index (κ1) is 41.5. The predicted octanol–water partition coefficient (Wildman–Crippen LogP) is 7.79. The van der Waals surface area contributed by atoms with Gasteiger partial charge in [-0.15, -0.1) is 0 Å². The number of carbonyl (C=O) groups excluding carboxylic acids is 1. The zero-order chi connectivity index (χ0) is 32.2. The number of nitrogens with zero attached hydrogens (tertiary/aromatic N) is 1. The molecule has 3 unspecified atom stereocenters. The molecular weight excluding hydrogens is 563 g/mol. The van der Waals surface area contributed by atoms with E-state index in [-0.39, 0.29) is 19.1 Å². The molecule has 9 heteroatoms. The van der Waals surface area contributed by atoms with Crippen molar-refractivity contribution in [3.8, 4) is 0 Å². The van der Waals surface area contributed by atoms with Crippen molar-refractivity contribution in [2.45, 2.75) is 122 Å². The van der Waals surface area contributed by atoms with E-state index in [1.807, 2.05) is 27.2 Å². The van der Waals surface area contributed by atoms with E-state index in [1.165, 1.54) is 38.5 Å². The van der Waals surface area contributed by atoms with Crippen LogP contribution in [0, 0.1) is 0 Å². The fourth-order valence-electron chi connectivity index (χ4n) is 4.00. The van der Waals surface area contributed by atoms with Crippen molar-refractivity contribution in [2.24, 2.45) is 0 Å². The molecule has 0 aromatic rings. The van der Waals surface area contributed by atoms with E-state index < -0.39 is 20.0 Å². The molecule has 0 aliphatic carbocycles. The third kappa shape index (κ3) is 29.0. The lowest BCUT2D eigenvalue weighted by atomic mass is 10.1. The summed E-state index contributed by atoms with van der Waals surface area (Å²) in [6, 6.07) is -0.879. The molecule has 43 heavy (non-hydrogen) atoms. The molecule has 3 atom stereocenters. The summed E-state index contributed by atoms with van der Waals surface area (Å²) >= 11 is 0. The molecule has 0 saturated carbocycles. The molecule has 3 N–H and O–H groups in total. The Morgan fingerprint density at radius 1 is 0.767 bits per heavy atom. The molecule has 0 saturated heterocycles. The number of allylic oxidation sites excluding steroid dienone is 7. The average Bonchev–Trinajstić information content (AvgIpc) is 2.94. The minimum atomic E-state index is -4.34. The van der Waals surface area contributed by atoms with E-state index >= 15 is 0 Å². The first-order valence-electron chi connectivity index (χ1n) is 16.5. The third-order valence-electron chi connectivity index (χ3n) is 6.75. The van der Waals surface area contributed by atoms with Gasteiger partial charge in [-0.05, 0) is 57.8 Å². The Hall–Kier alpha value is -1.54. The van der Waals surface area contributed by atoms with Gasteiger partial charge in [0.2, 0.25) is 5.91 Å². The fraction of sp³-hybridized carbons (Fsp3) is 0.735. The maximum atomic E-state index is 12.6. The van der Waals surface area contributed by atoms with Crippen LogP contribution in [0.2, 0.25) is 0 Å². The van der Waals surface area contributed by atoms with E-state index in [1.54, 1.807) is 6.08 Å². The number of likely N-dealkylation sites (N-methyl/N-ethyl adjacent to an activating group) is 1. The summed E-state index contributed by atoms with van der Waals surface area (Å²) < 4.78 is 23.3.